The first-order valence-corrected chi connectivity index (χ1v) is 5.76. The monoisotopic (exact) mass is 259 g/mol. The first-order valence-electron chi connectivity index (χ1n) is 5.76. The highest BCUT2D eigenvalue weighted by Crippen LogP contribution is 2.10. The fourth-order valence-corrected chi connectivity index (χ4v) is 1.85. The van der Waals surface area contributed by atoms with Crippen LogP contribution in [0.4, 0.5) is 5.69 Å². The van der Waals surface area contributed by atoms with E-state index >= 15 is 0 Å². The number of hydrogen-bond donors (Lipinski definition) is 0. The van der Waals surface area contributed by atoms with Gasteiger partial charge in [0.25, 0.3) is 0 Å². The molecule has 6 nitrogen and oxygen atoms in total. The summed E-state index contributed by atoms with van der Waals surface area (Å²) in [6.45, 7) is 3.87. The van der Waals surface area contributed by atoms with Gasteiger partial charge in [0.05, 0.1) is 11.5 Å². The maximum absolute atomic E-state index is 12.0. The van der Waals surface area contributed by atoms with Crippen molar-refractivity contribution < 1.29 is 4.92 Å². The molecule has 6 heteroatoms. The van der Waals surface area contributed by atoms with Crippen molar-refractivity contribution in [1.29, 1.82) is 0 Å². The first kappa shape index (κ1) is 12.9. The molecule has 19 heavy (non-hydrogen) atoms. The van der Waals surface area contributed by atoms with Crippen molar-refractivity contribution in [2.24, 2.45) is 0 Å². The van der Waals surface area contributed by atoms with E-state index in [-0.39, 0.29) is 6.54 Å². The lowest BCUT2D eigenvalue weighted by molar-refractivity contribution is -0.386. The predicted molar refractivity (Wildman–Crippen MR) is 70.2 cm³/mol. The van der Waals surface area contributed by atoms with E-state index < -0.39 is 16.2 Å². The second-order valence-electron chi connectivity index (χ2n) is 4.26. The molecular formula is C13H13N3O3. The fraction of sp³-hybridized carbons (Fsp3) is 0.231. The minimum atomic E-state index is -0.658. The number of pyridine rings is 2. The van der Waals surface area contributed by atoms with Gasteiger partial charge >= 0.3 is 11.2 Å². The van der Waals surface area contributed by atoms with E-state index in [4.69, 9.17) is 0 Å². The molecule has 0 amide bonds. The largest absolute Gasteiger partial charge is 0.334 e. The van der Waals surface area contributed by atoms with E-state index in [1.54, 1.807) is 25.3 Å². The third-order valence-corrected chi connectivity index (χ3v) is 3.01. The van der Waals surface area contributed by atoms with Crippen LogP contribution in [0.25, 0.3) is 0 Å². The minimum absolute atomic E-state index is 0.284. The van der Waals surface area contributed by atoms with Gasteiger partial charge in [-0.2, -0.15) is 0 Å². The lowest BCUT2D eigenvalue weighted by Gasteiger charge is -2.10. The molecule has 0 radical (unpaired) electrons. The molecule has 2 heterocycles. The molecule has 0 atom stereocenters. The Labute approximate surface area is 109 Å². The van der Waals surface area contributed by atoms with Crippen LogP contribution in [0.1, 0.15) is 17.0 Å². The van der Waals surface area contributed by atoms with Gasteiger partial charge in [0, 0.05) is 23.7 Å². The summed E-state index contributed by atoms with van der Waals surface area (Å²) in [5, 5.41) is 10.8. The zero-order valence-corrected chi connectivity index (χ0v) is 10.7. The summed E-state index contributed by atoms with van der Waals surface area (Å²) in [6.07, 6.45) is 1.67. The third kappa shape index (κ3) is 2.52. The van der Waals surface area contributed by atoms with Crippen LogP contribution in [-0.2, 0) is 6.54 Å². The number of rotatable bonds is 3. The number of nitro groups is 1. The lowest BCUT2D eigenvalue weighted by atomic mass is 10.2. The van der Waals surface area contributed by atoms with Crippen molar-refractivity contribution in [2.75, 3.05) is 0 Å². The zero-order chi connectivity index (χ0) is 14.0. The van der Waals surface area contributed by atoms with Gasteiger partial charge in [-0.25, -0.2) is 0 Å². The summed E-state index contributed by atoms with van der Waals surface area (Å²) in [4.78, 5) is 26.3. The summed E-state index contributed by atoms with van der Waals surface area (Å²) in [5.41, 5.74) is 1.35. The standard InChI is InChI=1S/C13H13N3O3/c1-9-5-6-12(16(18)19)13(17)15(9)8-11-4-3-7-14-10(11)2/h3-7H,8H2,1-2H3. The number of nitrogens with zero attached hydrogens (tertiary/aromatic N) is 3. The van der Waals surface area contributed by atoms with Crippen LogP contribution in [0.5, 0.6) is 0 Å². The molecule has 0 unspecified atom stereocenters. The van der Waals surface area contributed by atoms with Gasteiger partial charge in [0.1, 0.15) is 0 Å². The van der Waals surface area contributed by atoms with Gasteiger partial charge in [0.2, 0.25) is 0 Å². The summed E-state index contributed by atoms with van der Waals surface area (Å²) in [6, 6.07) is 6.45. The molecule has 0 aliphatic rings. The predicted octanol–water partition coefficient (Wildman–Crippen LogP) is 1.82. The van der Waals surface area contributed by atoms with Crippen LogP contribution < -0.4 is 5.56 Å². The molecule has 0 saturated heterocycles. The lowest BCUT2D eigenvalue weighted by Crippen LogP contribution is -2.25. The molecule has 0 spiro atoms. The summed E-state index contributed by atoms with van der Waals surface area (Å²) in [7, 11) is 0. The average Bonchev–Trinajstić information content (AvgIpc) is 2.36. The molecule has 0 aliphatic carbocycles. The van der Waals surface area contributed by atoms with Crippen LogP contribution in [0.2, 0.25) is 0 Å². The van der Waals surface area contributed by atoms with Crippen molar-refractivity contribution in [3.63, 3.8) is 0 Å². The topological polar surface area (TPSA) is 78.0 Å². The Kier molecular flexibility index (Phi) is 3.41. The van der Waals surface area contributed by atoms with Gasteiger partial charge < -0.3 is 4.57 Å². The highest BCUT2D eigenvalue weighted by Gasteiger charge is 2.16. The van der Waals surface area contributed by atoms with Crippen LogP contribution in [0, 0.1) is 24.0 Å². The van der Waals surface area contributed by atoms with Crippen molar-refractivity contribution in [1.82, 2.24) is 9.55 Å². The Morgan fingerprint density at radius 1 is 1.32 bits per heavy atom. The smallest absolute Gasteiger partial charge is 0.303 e. The van der Waals surface area contributed by atoms with E-state index in [1.165, 1.54) is 10.6 Å². The van der Waals surface area contributed by atoms with Crippen molar-refractivity contribution in [3.05, 3.63) is 67.9 Å². The second-order valence-corrected chi connectivity index (χ2v) is 4.26. The zero-order valence-electron chi connectivity index (χ0n) is 10.7. The second kappa shape index (κ2) is 5.01. The highest BCUT2D eigenvalue weighted by atomic mass is 16.6. The van der Waals surface area contributed by atoms with E-state index in [1.807, 2.05) is 13.0 Å². The molecular weight excluding hydrogens is 246 g/mol. The molecule has 0 N–H and O–H groups in total. The Morgan fingerprint density at radius 2 is 2.05 bits per heavy atom. The van der Waals surface area contributed by atoms with E-state index in [0.29, 0.717) is 5.69 Å². The summed E-state index contributed by atoms with van der Waals surface area (Å²) < 4.78 is 1.39. The summed E-state index contributed by atoms with van der Waals surface area (Å²) in [5.74, 6) is 0. The maximum atomic E-state index is 12.0. The normalized spacial score (nSPS) is 10.4. The molecule has 98 valence electrons. The Balaban J connectivity index is 2.52. The SMILES string of the molecule is Cc1ncccc1Cn1c(C)ccc([N+](=O)[O-])c1=O. The molecule has 0 saturated carbocycles. The third-order valence-electron chi connectivity index (χ3n) is 3.01. The van der Waals surface area contributed by atoms with Crippen LogP contribution in [0.15, 0.2) is 35.3 Å². The van der Waals surface area contributed by atoms with Crippen LogP contribution in [-0.4, -0.2) is 14.5 Å². The minimum Gasteiger partial charge on any atom is -0.303 e. The van der Waals surface area contributed by atoms with E-state index in [9.17, 15) is 14.9 Å². The van der Waals surface area contributed by atoms with Crippen molar-refractivity contribution in [2.45, 2.75) is 20.4 Å². The number of aryl methyl sites for hydroxylation is 2. The molecule has 2 aromatic rings. The average molecular weight is 259 g/mol. The summed E-state index contributed by atoms with van der Waals surface area (Å²) >= 11 is 0. The highest BCUT2D eigenvalue weighted by molar-refractivity contribution is 5.29. The van der Waals surface area contributed by atoms with Crippen LogP contribution in [0.3, 0.4) is 0 Å². The fourth-order valence-electron chi connectivity index (χ4n) is 1.85. The number of hydrogen-bond acceptors (Lipinski definition) is 4. The van der Waals surface area contributed by atoms with Gasteiger partial charge in [-0.05, 0) is 31.5 Å². The Bertz CT molecular complexity index is 692. The van der Waals surface area contributed by atoms with Crippen molar-refractivity contribution in [3.8, 4) is 0 Å². The molecule has 0 aromatic carbocycles. The van der Waals surface area contributed by atoms with Gasteiger partial charge in [-0.15, -0.1) is 0 Å². The van der Waals surface area contributed by atoms with Crippen molar-refractivity contribution >= 4 is 5.69 Å². The quantitative estimate of drug-likeness (QED) is 0.622. The first-order chi connectivity index (χ1) is 9.00. The Hall–Kier alpha value is -2.50. The Morgan fingerprint density at radius 3 is 2.68 bits per heavy atom. The molecule has 0 bridgehead atoms. The van der Waals surface area contributed by atoms with Gasteiger partial charge in [-0.3, -0.25) is 19.9 Å². The number of aromatic nitrogens is 2. The molecule has 2 rings (SSSR count). The molecule has 0 aliphatic heterocycles. The van der Waals surface area contributed by atoms with Gasteiger partial charge in [0.15, 0.2) is 0 Å². The van der Waals surface area contributed by atoms with Gasteiger partial charge in [-0.1, -0.05) is 6.07 Å². The van der Waals surface area contributed by atoms with Crippen LogP contribution >= 0.6 is 0 Å². The molecule has 0 fully saturated rings. The molecule has 2 aromatic heterocycles. The maximum Gasteiger partial charge on any atom is 0.334 e. The van der Waals surface area contributed by atoms with E-state index in [0.717, 1.165) is 11.3 Å². The van der Waals surface area contributed by atoms with E-state index in [2.05, 4.69) is 4.98 Å².